The highest BCUT2D eigenvalue weighted by Crippen LogP contribution is 2.10. The predicted molar refractivity (Wildman–Crippen MR) is 82.8 cm³/mol. The summed E-state index contributed by atoms with van der Waals surface area (Å²) in [5, 5.41) is 10.9. The molecule has 0 fully saturated rings. The summed E-state index contributed by atoms with van der Waals surface area (Å²) >= 11 is 0. The highest BCUT2D eigenvalue weighted by molar-refractivity contribution is 5.94. The van der Waals surface area contributed by atoms with Crippen LogP contribution in [0.15, 0.2) is 60.7 Å². The number of aliphatic hydroxyl groups excluding tert-OH is 1. The fourth-order valence-electron chi connectivity index (χ4n) is 2.04. The maximum absolute atomic E-state index is 12.2. The number of rotatable bonds is 5. The number of benzene rings is 2. The smallest absolute Gasteiger partial charge is 0.324 e. The molecule has 0 aliphatic heterocycles. The van der Waals surface area contributed by atoms with Gasteiger partial charge in [0.25, 0.3) is 5.91 Å². The van der Waals surface area contributed by atoms with Gasteiger partial charge in [0.1, 0.15) is 6.61 Å². The molecule has 2 N–H and O–H groups in total. The van der Waals surface area contributed by atoms with Gasteiger partial charge in [-0.25, -0.2) is 4.79 Å². The summed E-state index contributed by atoms with van der Waals surface area (Å²) in [5.41, 5.74) is 1.93. The van der Waals surface area contributed by atoms with Crippen LogP contribution in [0.3, 0.4) is 0 Å². The van der Waals surface area contributed by atoms with Gasteiger partial charge in [0.05, 0.1) is 0 Å². The Bertz CT molecular complexity index is 573. The number of amides is 3. The Hall–Kier alpha value is -2.66. The first-order valence-corrected chi connectivity index (χ1v) is 6.96. The Morgan fingerprint density at radius 3 is 1.73 bits per heavy atom. The zero-order chi connectivity index (χ0) is 15.8. The van der Waals surface area contributed by atoms with Gasteiger partial charge in [-0.3, -0.25) is 10.1 Å². The van der Waals surface area contributed by atoms with Crippen molar-refractivity contribution >= 4 is 11.9 Å². The minimum absolute atomic E-state index is 0.375. The van der Waals surface area contributed by atoms with E-state index in [9.17, 15) is 9.59 Å². The van der Waals surface area contributed by atoms with E-state index in [0.29, 0.717) is 13.1 Å². The van der Waals surface area contributed by atoms with Crippen LogP contribution in [0.25, 0.3) is 0 Å². The molecule has 5 heteroatoms. The number of nitrogens with zero attached hydrogens (tertiary/aromatic N) is 1. The molecule has 114 valence electrons. The Morgan fingerprint density at radius 2 is 1.32 bits per heavy atom. The number of imide groups is 1. The number of nitrogens with one attached hydrogen (secondary N) is 1. The number of carbonyl (C=O) groups is 2. The van der Waals surface area contributed by atoms with Crippen LogP contribution in [-0.2, 0) is 17.9 Å². The van der Waals surface area contributed by atoms with Crippen LogP contribution < -0.4 is 5.32 Å². The Kier molecular flexibility index (Phi) is 5.68. The van der Waals surface area contributed by atoms with Gasteiger partial charge in [-0.15, -0.1) is 0 Å². The van der Waals surface area contributed by atoms with Gasteiger partial charge >= 0.3 is 6.03 Å². The Morgan fingerprint density at radius 1 is 0.864 bits per heavy atom. The molecule has 0 aliphatic carbocycles. The molecule has 5 nitrogen and oxygen atoms in total. The topological polar surface area (TPSA) is 69.6 Å². The van der Waals surface area contributed by atoms with Gasteiger partial charge in [0.2, 0.25) is 0 Å². The zero-order valence-electron chi connectivity index (χ0n) is 12.1. The van der Waals surface area contributed by atoms with Crippen LogP contribution >= 0.6 is 0 Å². The molecule has 0 aliphatic rings. The van der Waals surface area contributed by atoms with E-state index in [4.69, 9.17) is 5.11 Å². The van der Waals surface area contributed by atoms with Gasteiger partial charge in [-0.2, -0.15) is 0 Å². The van der Waals surface area contributed by atoms with E-state index in [1.54, 1.807) is 0 Å². The molecule has 0 atom stereocenters. The van der Waals surface area contributed by atoms with Gasteiger partial charge in [-0.05, 0) is 11.1 Å². The third-order valence-electron chi connectivity index (χ3n) is 3.11. The van der Waals surface area contributed by atoms with Crippen molar-refractivity contribution in [2.24, 2.45) is 0 Å². The third-order valence-corrected chi connectivity index (χ3v) is 3.11. The molecule has 0 unspecified atom stereocenters. The molecular formula is C17H18N2O3. The first-order valence-electron chi connectivity index (χ1n) is 6.96. The van der Waals surface area contributed by atoms with Crippen LogP contribution in [0.4, 0.5) is 4.79 Å². The van der Waals surface area contributed by atoms with Crippen molar-refractivity contribution in [2.75, 3.05) is 6.61 Å². The summed E-state index contributed by atoms with van der Waals surface area (Å²) in [7, 11) is 0. The molecule has 0 spiro atoms. The van der Waals surface area contributed by atoms with Crippen molar-refractivity contribution in [3.05, 3.63) is 71.8 Å². The SMILES string of the molecule is O=C(CO)NC(=O)N(Cc1ccccc1)Cc1ccccc1. The minimum atomic E-state index is -0.712. The maximum Gasteiger partial charge on any atom is 0.324 e. The fourth-order valence-corrected chi connectivity index (χ4v) is 2.04. The molecule has 0 bridgehead atoms. The minimum Gasteiger partial charge on any atom is -0.387 e. The number of aliphatic hydroxyl groups is 1. The summed E-state index contributed by atoms with van der Waals surface area (Å²) in [5.74, 6) is -0.712. The second kappa shape index (κ2) is 7.95. The average molecular weight is 298 g/mol. The van der Waals surface area contributed by atoms with Gasteiger partial charge in [0, 0.05) is 13.1 Å². The molecular weight excluding hydrogens is 280 g/mol. The van der Waals surface area contributed by atoms with Crippen LogP contribution in [0.1, 0.15) is 11.1 Å². The van der Waals surface area contributed by atoms with E-state index in [2.05, 4.69) is 5.32 Å². The molecule has 2 aromatic carbocycles. The summed E-state index contributed by atoms with van der Waals surface area (Å²) in [6.07, 6.45) is 0. The first-order chi connectivity index (χ1) is 10.7. The van der Waals surface area contributed by atoms with Gasteiger partial charge in [-0.1, -0.05) is 60.7 Å². The molecule has 3 amide bonds. The van der Waals surface area contributed by atoms with Crippen LogP contribution in [0.5, 0.6) is 0 Å². The fraction of sp³-hybridized carbons (Fsp3) is 0.176. The lowest BCUT2D eigenvalue weighted by Crippen LogP contribution is -2.43. The molecule has 2 rings (SSSR count). The van der Waals surface area contributed by atoms with Crippen molar-refractivity contribution in [1.82, 2.24) is 10.2 Å². The van der Waals surface area contributed by atoms with E-state index in [0.717, 1.165) is 11.1 Å². The normalized spacial score (nSPS) is 10.0. The lowest BCUT2D eigenvalue weighted by molar-refractivity contribution is -0.122. The summed E-state index contributed by atoms with van der Waals surface area (Å²) in [6, 6.07) is 18.5. The molecule has 0 radical (unpaired) electrons. The standard InChI is InChI=1S/C17H18N2O3/c20-13-16(21)18-17(22)19(11-14-7-3-1-4-8-14)12-15-9-5-2-6-10-15/h1-10,20H,11-13H2,(H,18,21,22). The average Bonchev–Trinajstić information content (AvgIpc) is 2.56. The number of urea groups is 1. The van der Waals surface area contributed by atoms with Crippen molar-refractivity contribution in [1.29, 1.82) is 0 Å². The molecule has 22 heavy (non-hydrogen) atoms. The van der Waals surface area contributed by atoms with E-state index >= 15 is 0 Å². The summed E-state index contributed by atoms with van der Waals surface area (Å²) in [6.45, 7) is 0.0385. The number of hydrogen-bond donors (Lipinski definition) is 2. The highest BCUT2D eigenvalue weighted by Gasteiger charge is 2.16. The largest absolute Gasteiger partial charge is 0.387 e. The van der Waals surface area contributed by atoms with Crippen molar-refractivity contribution in [3.63, 3.8) is 0 Å². The predicted octanol–water partition coefficient (Wildman–Crippen LogP) is 1.92. The molecule has 0 saturated carbocycles. The quantitative estimate of drug-likeness (QED) is 0.886. The second-order valence-electron chi connectivity index (χ2n) is 4.84. The summed E-state index contributed by atoms with van der Waals surface area (Å²) in [4.78, 5) is 25.0. The van der Waals surface area contributed by atoms with Crippen LogP contribution in [0, 0.1) is 0 Å². The highest BCUT2D eigenvalue weighted by atomic mass is 16.3. The lowest BCUT2D eigenvalue weighted by Gasteiger charge is -2.23. The summed E-state index contributed by atoms with van der Waals surface area (Å²) < 4.78 is 0. The first kappa shape index (κ1) is 15.7. The van der Waals surface area contributed by atoms with Crippen LogP contribution in [0.2, 0.25) is 0 Å². The van der Waals surface area contributed by atoms with E-state index < -0.39 is 18.5 Å². The molecule has 0 aromatic heterocycles. The number of carbonyl (C=O) groups excluding carboxylic acids is 2. The third kappa shape index (κ3) is 4.71. The Labute approximate surface area is 129 Å². The van der Waals surface area contributed by atoms with E-state index in [-0.39, 0.29) is 0 Å². The molecule has 2 aromatic rings. The lowest BCUT2D eigenvalue weighted by atomic mass is 10.2. The van der Waals surface area contributed by atoms with Gasteiger partial charge < -0.3 is 10.0 Å². The van der Waals surface area contributed by atoms with Gasteiger partial charge in [0.15, 0.2) is 0 Å². The zero-order valence-corrected chi connectivity index (χ0v) is 12.1. The maximum atomic E-state index is 12.2. The molecule has 0 heterocycles. The number of hydrogen-bond acceptors (Lipinski definition) is 3. The van der Waals surface area contributed by atoms with E-state index in [1.807, 2.05) is 60.7 Å². The Balaban J connectivity index is 2.12. The van der Waals surface area contributed by atoms with Crippen molar-refractivity contribution in [3.8, 4) is 0 Å². The van der Waals surface area contributed by atoms with Crippen molar-refractivity contribution < 1.29 is 14.7 Å². The second-order valence-corrected chi connectivity index (χ2v) is 4.84. The molecule has 0 saturated heterocycles. The van der Waals surface area contributed by atoms with E-state index in [1.165, 1.54) is 4.90 Å². The van der Waals surface area contributed by atoms with Crippen molar-refractivity contribution in [2.45, 2.75) is 13.1 Å². The monoisotopic (exact) mass is 298 g/mol. The van der Waals surface area contributed by atoms with Crippen LogP contribution in [-0.4, -0.2) is 28.6 Å².